The van der Waals surface area contributed by atoms with Gasteiger partial charge in [0, 0.05) is 18.7 Å². The molecule has 1 aromatic carbocycles. The summed E-state index contributed by atoms with van der Waals surface area (Å²) in [4.78, 5) is 29.2. The molecule has 1 aliphatic rings. The van der Waals surface area contributed by atoms with Crippen molar-refractivity contribution < 1.29 is 18.4 Å². The van der Waals surface area contributed by atoms with Gasteiger partial charge in [-0.05, 0) is 45.2 Å². The molecule has 0 spiro atoms. The minimum atomic E-state index is -0.871. The molecule has 0 aliphatic carbocycles. The van der Waals surface area contributed by atoms with Crippen LogP contribution < -0.4 is 10.6 Å². The lowest BCUT2D eigenvalue weighted by molar-refractivity contribution is 0.0927. The molecule has 0 fully saturated rings. The smallest absolute Gasteiger partial charge is 0.287 e. The topological polar surface area (TPSA) is 76.0 Å². The second-order valence-electron chi connectivity index (χ2n) is 6.55. The van der Waals surface area contributed by atoms with E-state index in [1.807, 2.05) is 13.8 Å². The summed E-state index contributed by atoms with van der Waals surface area (Å²) in [7, 11) is 0. The zero-order chi connectivity index (χ0) is 18.8. The van der Waals surface area contributed by atoms with E-state index in [0.29, 0.717) is 24.7 Å². The average Bonchev–Trinajstić information content (AvgIpc) is 2.96. The van der Waals surface area contributed by atoms with Gasteiger partial charge in [-0.2, -0.15) is 0 Å². The molecule has 0 saturated heterocycles. The number of carbonyl (C=O) groups excluding carboxylic acids is 2. The molecule has 0 bridgehead atoms. The van der Waals surface area contributed by atoms with Crippen LogP contribution in [-0.4, -0.2) is 27.4 Å². The molecule has 2 amide bonds. The second-order valence-corrected chi connectivity index (χ2v) is 6.55. The first-order valence-electron chi connectivity index (χ1n) is 8.53. The van der Waals surface area contributed by atoms with Gasteiger partial charge in [-0.15, -0.1) is 0 Å². The number of imidazole rings is 1. The van der Waals surface area contributed by atoms with E-state index < -0.39 is 17.5 Å². The Kier molecular flexibility index (Phi) is 5.01. The molecule has 2 heterocycles. The molecule has 0 radical (unpaired) electrons. The Labute approximate surface area is 149 Å². The molecule has 8 heteroatoms. The molecule has 0 saturated carbocycles. The Morgan fingerprint density at radius 2 is 1.96 bits per heavy atom. The number of amides is 2. The van der Waals surface area contributed by atoms with Crippen molar-refractivity contribution >= 4 is 17.5 Å². The lowest BCUT2D eigenvalue weighted by Gasteiger charge is -2.17. The minimum absolute atomic E-state index is 0.0652. The zero-order valence-corrected chi connectivity index (χ0v) is 14.6. The van der Waals surface area contributed by atoms with Crippen LogP contribution in [0.5, 0.6) is 0 Å². The van der Waals surface area contributed by atoms with E-state index in [-0.39, 0.29) is 29.2 Å². The summed E-state index contributed by atoms with van der Waals surface area (Å²) in [6.07, 6.45) is 2.37. The van der Waals surface area contributed by atoms with Crippen LogP contribution >= 0.6 is 0 Å². The Balaban J connectivity index is 1.92. The van der Waals surface area contributed by atoms with Crippen molar-refractivity contribution in [3.8, 4) is 0 Å². The Morgan fingerprint density at radius 3 is 2.65 bits per heavy atom. The Morgan fingerprint density at radius 1 is 1.19 bits per heavy atom. The third kappa shape index (κ3) is 3.58. The van der Waals surface area contributed by atoms with E-state index in [4.69, 9.17) is 0 Å². The van der Waals surface area contributed by atoms with Gasteiger partial charge >= 0.3 is 0 Å². The van der Waals surface area contributed by atoms with Gasteiger partial charge < -0.3 is 15.2 Å². The van der Waals surface area contributed by atoms with Crippen LogP contribution in [0.1, 0.15) is 53.5 Å². The highest BCUT2D eigenvalue weighted by molar-refractivity contribution is 6.05. The molecule has 0 atom stereocenters. The van der Waals surface area contributed by atoms with Gasteiger partial charge in [-0.1, -0.05) is 0 Å². The summed E-state index contributed by atoms with van der Waals surface area (Å²) in [6.45, 7) is 4.27. The van der Waals surface area contributed by atoms with Gasteiger partial charge in [0.1, 0.15) is 11.6 Å². The number of benzene rings is 1. The van der Waals surface area contributed by atoms with Crippen molar-refractivity contribution in [3.63, 3.8) is 0 Å². The van der Waals surface area contributed by atoms with Crippen LogP contribution in [0.3, 0.4) is 0 Å². The molecule has 138 valence electrons. The summed E-state index contributed by atoms with van der Waals surface area (Å²) in [5, 5.41) is 5.18. The van der Waals surface area contributed by atoms with Gasteiger partial charge in [-0.3, -0.25) is 9.59 Å². The average molecular weight is 362 g/mol. The number of hydrogen-bond donors (Lipinski definition) is 2. The normalized spacial score (nSPS) is 13.4. The molecule has 1 aliphatic heterocycles. The van der Waals surface area contributed by atoms with Crippen LogP contribution in [-0.2, 0) is 13.0 Å². The lowest BCUT2D eigenvalue weighted by Crippen LogP contribution is -2.33. The predicted molar refractivity (Wildman–Crippen MR) is 92.1 cm³/mol. The monoisotopic (exact) mass is 362 g/mol. The number of aromatic nitrogens is 2. The van der Waals surface area contributed by atoms with E-state index >= 15 is 0 Å². The first kappa shape index (κ1) is 18.0. The maximum atomic E-state index is 13.8. The maximum absolute atomic E-state index is 13.8. The quantitative estimate of drug-likeness (QED) is 0.878. The third-order valence-electron chi connectivity index (χ3n) is 4.14. The van der Waals surface area contributed by atoms with E-state index in [1.54, 1.807) is 4.57 Å². The Bertz CT molecular complexity index is 861. The van der Waals surface area contributed by atoms with Crippen molar-refractivity contribution in [1.29, 1.82) is 0 Å². The van der Waals surface area contributed by atoms with E-state index in [9.17, 15) is 18.4 Å². The molecular weight excluding hydrogens is 342 g/mol. The standard InChI is InChI=1S/C18H20F2N4O2/c1-10(2)21-18(26)16-23-15(14-5-3-4-8-24(14)16)17(25)22-13-7-6-11(19)9-12(13)20/h6-7,9-10H,3-5,8H2,1-2H3,(H,21,26)(H,22,25). The van der Waals surface area contributed by atoms with Gasteiger partial charge in [0.05, 0.1) is 11.4 Å². The van der Waals surface area contributed by atoms with E-state index in [2.05, 4.69) is 15.6 Å². The van der Waals surface area contributed by atoms with Gasteiger partial charge in [0.15, 0.2) is 11.5 Å². The number of anilines is 1. The van der Waals surface area contributed by atoms with Crippen molar-refractivity contribution in [3.05, 3.63) is 47.0 Å². The van der Waals surface area contributed by atoms with Crippen LogP contribution in [0.4, 0.5) is 14.5 Å². The minimum Gasteiger partial charge on any atom is -0.347 e. The molecule has 26 heavy (non-hydrogen) atoms. The molecule has 0 unspecified atom stereocenters. The first-order valence-corrected chi connectivity index (χ1v) is 8.53. The summed E-state index contributed by atoms with van der Waals surface area (Å²) in [5.74, 6) is -2.39. The fourth-order valence-corrected chi connectivity index (χ4v) is 3.00. The summed E-state index contributed by atoms with van der Waals surface area (Å²) in [5.41, 5.74) is 0.620. The summed E-state index contributed by atoms with van der Waals surface area (Å²) >= 11 is 0. The Hall–Kier alpha value is -2.77. The highest BCUT2D eigenvalue weighted by Crippen LogP contribution is 2.23. The van der Waals surface area contributed by atoms with Gasteiger partial charge in [0.25, 0.3) is 11.8 Å². The summed E-state index contributed by atoms with van der Waals surface area (Å²) < 4.78 is 28.6. The summed E-state index contributed by atoms with van der Waals surface area (Å²) in [6, 6.07) is 2.84. The molecule has 2 aromatic rings. The lowest BCUT2D eigenvalue weighted by atomic mass is 10.1. The number of nitrogens with one attached hydrogen (secondary N) is 2. The van der Waals surface area contributed by atoms with Crippen LogP contribution in [0.25, 0.3) is 0 Å². The van der Waals surface area contributed by atoms with E-state index in [1.165, 1.54) is 0 Å². The zero-order valence-electron chi connectivity index (χ0n) is 14.6. The van der Waals surface area contributed by atoms with Crippen LogP contribution in [0.2, 0.25) is 0 Å². The SMILES string of the molecule is CC(C)NC(=O)c1nc(C(=O)Nc2ccc(F)cc2F)c2n1CCCC2. The molecule has 2 N–H and O–H groups in total. The number of fused-ring (bicyclic) bond motifs is 1. The van der Waals surface area contributed by atoms with Crippen LogP contribution in [0, 0.1) is 11.6 Å². The predicted octanol–water partition coefficient (Wildman–Crippen LogP) is 2.89. The fourth-order valence-electron chi connectivity index (χ4n) is 3.00. The van der Waals surface area contributed by atoms with Crippen molar-refractivity contribution in [2.24, 2.45) is 0 Å². The van der Waals surface area contributed by atoms with Crippen molar-refractivity contribution in [1.82, 2.24) is 14.9 Å². The van der Waals surface area contributed by atoms with Gasteiger partial charge in [0.2, 0.25) is 0 Å². The van der Waals surface area contributed by atoms with Gasteiger partial charge in [-0.25, -0.2) is 13.8 Å². The first-order chi connectivity index (χ1) is 12.4. The van der Waals surface area contributed by atoms with Crippen molar-refractivity contribution in [2.75, 3.05) is 5.32 Å². The molecular formula is C18H20F2N4O2. The highest BCUT2D eigenvalue weighted by atomic mass is 19.1. The molecule has 1 aromatic heterocycles. The number of carbonyl (C=O) groups is 2. The third-order valence-corrected chi connectivity index (χ3v) is 4.14. The van der Waals surface area contributed by atoms with E-state index in [0.717, 1.165) is 25.0 Å². The van der Waals surface area contributed by atoms with Crippen molar-refractivity contribution in [2.45, 2.75) is 45.7 Å². The van der Waals surface area contributed by atoms with Crippen LogP contribution in [0.15, 0.2) is 18.2 Å². The largest absolute Gasteiger partial charge is 0.347 e. The number of halogens is 2. The highest BCUT2D eigenvalue weighted by Gasteiger charge is 2.28. The fraction of sp³-hybridized carbons (Fsp3) is 0.389. The number of nitrogens with zero attached hydrogens (tertiary/aromatic N) is 2. The molecule has 3 rings (SSSR count). The molecule has 6 nitrogen and oxygen atoms in total. The number of hydrogen-bond acceptors (Lipinski definition) is 3. The maximum Gasteiger partial charge on any atom is 0.287 e. The second kappa shape index (κ2) is 7.23. The number of rotatable bonds is 4.